The van der Waals surface area contributed by atoms with E-state index in [4.69, 9.17) is 0 Å². The minimum absolute atomic E-state index is 0.232. The lowest BCUT2D eigenvalue weighted by molar-refractivity contribution is 0.102. The highest BCUT2D eigenvalue weighted by Gasteiger charge is 2.25. The van der Waals surface area contributed by atoms with Gasteiger partial charge in [0.2, 0.25) is 10.0 Å². The lowest BCUT2D eigenvalue weighted by Crippen LogP contribution is -2.37. The zero-order chi connectivity index (χ0) is 20.9. The molecule has 0 saturated carbocycles. The summed E-state index contributed by atoms with van der Waals surface area (Å²) in [4.78, 5) is 12.5. The Bertz CT molecular complexity index is 882. The van der Waals surface area contributed by atoms with Crippen LogP contribution in [0, 0.1) is 11.8 Å². The molecular weight excluding hydrogens is 440 g/mol. The molecule has 1 amide bonds. The maximum atomic E-state index is 13.0. The fourth-order valence-corrected chi connectivity index (χ4v) is 4.78. The van der Waals surface area contributed by atoms with Crippen molar-refractivity contribution in [2.45, 2.75) is 32.6 Å². The molecule has 1 N–H and O–H groups in total. The number of nitrogens with zero attached hydrogens (tertiary/aromatic N) is 1. The second-order valence-corrected chi connectivity index (χ2v) is 10.4. The van der Waals surface area contributed by atoms with Crippen molar-refractivity contribution in [1.29, 1.82) is 0 Å². The number of carbonyl (C=O) groups is 1. The van der Waals surface area contributed by atoms with Crippen LogP contribution in [0.3, 0.4) is 0 Å². The van der Waals surface area contributed by atoms with Crippen LogP contribution in [0.15, 0.2) is 57.9 Å². The van der Waals surface area contributed by atoms with Crippen molar-refractivity contribution in [1.82, 2.24) is 4.31 Å². The van der Waals surface area contributed by atoms with E-state index >= 15 is 0 Å². The van der Waals surface area contributed by atoms with Gasteiger partial charge < -0.3 is 5.32 Å². The summed E-state index contributed by atoms with van der Waals surface area (Å²) < 4.78 is 28.5. The minimum atomic E-state index is -3.58. The average molecular weight is 467 g/mol. The smallest absolute Gasteiger partial charge is 0.255 e. The molecule has 2 rings (SSSR count). The van der Waals surface area contributed by atoms with E-state index in [2.05, 4.69) is 21.2 Å². The van der Waals surface area contributed by atoms with Crippen molar-refractivity contribution in [3.05, 3.63) is 58.6 Å². The van der Waals surface area contributed by atoms with Crippen LogP contribution in [0.1, 0.15) is 38.1 Å². The van der Waals surface area contributed by atoms with Crippen LogP contribution in [0.25, 0.3) is 0 Å². The molecule has 0 unspecified atom stereocenters. The molecule has 0 radical (unpaired) electrons. The van der Waals surface area contributed by atoms with Gasteiger partial charge in [-0.25, -0.2) is 8.42 Å². The molecule has 2 aromatic carbocycles. The molecule has 0 bridgehead atoms. The van der Waals surface area contributed by atoms with E-state index in [9.17, 15) is 13.2 Å². The first-order chi connectivity index (χ1) is 13.1. The first-order valence-corrected chi connectivity index (χ1v) is 11.5. The minimum Gasteiger partial charge on any atom is -0.322 e. The molecule has 5 nitrogen and oxygen atoms in total. The van der Waals surface area contributed by atoms with E-state index in [1.807, 2.05) is 27.7 Å². The van der Waals surface area contributed by atoms with Crippen molar-refractivity contribution >= 4 is 37.5 Å². The lowest BCUT2D eigenvalue weighted by atomic mass is 10.2. The maximum Gasteiger partial charge on any atom is 0.255 e. The van der Waals surface area contributed by atoms with Gasteiger partial charge in [0.15, 0.2) is 0 Å². The van der Waals surface area contributed by atoms with Crippen molar-refractivity contribution in [2.75, 3.05) is 18.4 Å². The Morgan fingerprint density at radius 3 is 1.89 bits per heavy atom. The van der Waals surface area contributed by atoms with E-state index in [0.717, 1.165) is 4.47 Å². The van der Waals surface area contributed by atoms with Crippen LogP contribution in [-0.4, -0.2) is 31.7 Å². The number of anilines is 1. The number of carbonyl (C=O) groups excluding carboxylic acids is 1. The second-order valence-electron chi connectivity index (χ2n) is 7.60. The number of amides is 1. The largest absolute Gasteiger partial charge is 0.322 e. The summed E-state index contributed by atoms with van der Waals surface area (Å²) in [6, 6.07) is 13.3. The number of benzene rings is 2. The Morgan fingerprint density at radius 1 is 0.929 bits per heavy atom. The fraction of sp³-hybridized carbons (Fsp3) is 0.381. The van der Waals surface area contributed by atoms with Gasteiger partial charge in [0.1, 0.15) is 0 Å². The standard InChI is InChI=1S/C21H27BrN2O3S/c1-15(2)13-24(14-16(3)4)28(26,27)20-11-9-19(10-12-20)23-21(25)17-5-7-18(22)8-6-17/h5-12,15-16H,13-14H2,1-4H3,(H,23,25). The quantitative estimate of drug-likeness (QED) is 0.594. The summed E-state index contributed by atoms with van der Waals surface area (Å²) in [6.07, 6.45) is 0. The molecular formula is C21H27BrN2O3S. The molecule has 0 saturated heterocycles. The summed E-state index contributed by atoms with van der Waals surface area (Å²) in [5, 5.41) is 2.79. The highest BCUT2D eigenvalue weighted by Crippen LogP contribution is 2.21. The molecule has 0 aliphatic carbocycles. The molecule has 2 aromatic rings. The summed E-state index contributed by atoms with van der Waals surface area (Å²) in [6.45, 7) is 8.96. The molecule has 0 aliphatic heterocycles. The number of sulfonamides is 1. The van der Waals surface area contributed by atoms with E-state index in [0.29, 0.717) is 24.3 Å². The Labute approximate surface area is 176 Å². The predicted molar refractivity (Wildman–Crippen MR) is 117 cm³/mol. The molecule has 152 valence electrons. The van der Waals surface area contributed by atoms with Crippen LogP contribution >= 0.6 is 15.9 Å². The highest BCUT2D eigenvalue weighted by molar-refractivity contribution is 9.10. The zero-order valence-electron chi connectivity index (χ0n) is 16.6. The van der Waals surface area contributed by atoms with Crippen molar-refractivity contribution in [2.24, 2.45) is 11.8 Å². The summed E-state index contributed by atoms with van der Waals surface area (Å²) >= 11 is 3.34. The van der Waals surface area contributed by atoms with Gasteiger partial charge in [0.05, 0.1) is 4.90 Å². The molecule has 0 spiro atoms. The number of halogens is 1. The Balaban J connectivity index is 2.17. The Kier molecular flexibility index (Phi) is 7.80. The third-order valence-corrected chi connectivity index (χ3v) is 6.37. The van der Waals surface area contributed by atoms with Crippen molar-refractivity contribution < 1.29 is 13.2 Å². The average Bonchev–Trinajstić information content (AvgIpc) is 2.61. The van der Waals surface area contributed by atoms with Crippen LogP contribution < -0.4 is 5.32 Å². The van der Waals surface area contributed by atoms with E-state index in [1.165, 1.54) is 4.31 Å². The molecule has 0 aromatic heterocycles. The second kappa shape index (κ2) is 9.67. The Morgan fingerprint density at radius 2 is 1.43 bits per heavy atom. The predicted octanol–water partition coefficient (Wildman–Crippen LogP) is 5.00. The maximum absolute atomic E-state index is 13.0. The molecule has 28 heavy (non-hydrogen) atoms. The zero-order valence-corrected chi connectivity index (χ0v) is 19.0. The third kappa shape index (κ3) is 6.15. The van der Waals surface area contributed by atoms with Crippen LogP contribution in [0.2, 0.25) is 0 Å². The highest BCUT2D eigenvalue weighted by atomic mass is 79.9. The third-order valence-electron chi connectivity index (χ3n) is 3.99. The van der Waals surface area contributed by atoms with Gasteiger partial charge in [-0.3, -0.25) is 4.79 Å². The number of nitrogens with one attached hydrogen (secondary N) is 1. The molecule has 0 heterocycles. The van der Waals surface area contributed by atoms with Crippen LogP contribution in [0.4, 0.5) is 5.69 Å². The summed E-state index contributed by atoms with van der Waals surface area (Å²) in [5.74, 6) is 0.223. The van der Waals surface area contributed by atoms with Gasteiger partial charge in [0.25, 0.3) is 5.91 Å². The van der Waals surface area contributed by atoms with Gasteiger partial charge in [-0.1, -0.05) is 43.6 Å². The normalized spacial score (nSPS) is 12.0. The summed E-state index contributed by atoms with van der Waals surface area (Å²) in [5.41, 5.74) is 1.08. The monoisotopic (exact) mass is 466 g/mol. The fourth-order valence-electron chi connectivity index (χ4n) is 2.75. The number of hydrogen-bond acceptors (Lipinski definition) is 3. The SMILES string of the molecule is CC(C)CN(CC(C)C)S(=O)(=O)c1ccc(NC(=O)c2ccc(Br)cc2)cc1. The van der Waals surface area contributed by atoms with E-state index in [-0.39, 0.29) is 22.6 Å². The van der Waals surface area contributed by atoms with Gasteiger partial charge in [0, 0.05) is 28.8 Å². The van der Waals surface area contributed by atoms with Gasteiger partial charge in [-0.05, 0) is 60.4 Å². The van der Waals surface area contributed by atoms with Gasteiger partial charge in [-0.2, -0.15) is 4.31 Å². The Hall–Kier alpha value is -1.70. The number of hydrogen-bond donors (Lipinski definition) is 1. The van der Waals surface area contributed by atoms with Gasteiger partial charge >= 0.3 is 0 Å². The molecule has 0 atom stereocenters. The van der Waals surface area contributed by atoms with Crippen LogP contribution in [-0.2, 0) is 10.0 Å². The van der Waals surface area contributed by atoms with Crippen molar-refractivity contribution in [3.63, 3.8) is 0 Å². The van der Waals surface area contributed by atoms with Crippen LogP contribution in [0.5, 0.6) is 0 Å². The molecule has 0 fully saturated rings. The van der Waals surface area contributed by atoms with Gasteiger partial charge in [-0.15, -0.1) is 0 Å². The topological polar surface area (TPSA) is 66.5 Å². The number of rotatable bonds is 8. The van der Waals surface area contributed by atoms with E-state index < -0.39 is 10.0 Å². The first kappa shape index (κ1) is 22.6. The lowest BCUT2D eigenvalue weighted by Gasteiger charge is -2.25. The molecule has 7 heteroatoms. The first-order valence-electron chi connectivity index (χ1n) is 9.26. The van der Waals surface area contributed by atoms with E-state index in [1.54, 1.807) is 48.5 Å². The van der Waals surface area contributed by atoms with Crippen molar-refractivity contribution in [3.8, 4) is 0 Å². The summed E-state index contributed by atoms with van der Waals surface area (Å²) in [7, 11) is -3.58. The molecule has 0 aliphatic rings.